The van der Waals surface area contributed by atoms with Crippen LogP contribution in [0.5, 0.6) is 0 Å². The first-order chi connectivity index (χ1) is 11.8. The van der Waals surface area contributed by atoms with Crippen LogP contribution in [0, 0.1) is 5.82 Å². The number of nitrogens with zero attached hydrogens (tertiary/aromatic N) is 1. The monoisotopic (exact) mass is 383 g/mol. The van der Waals surface area contributed by atoms with E-state index in [0.717, 1.165) is 6.07 Å². The van der Waals surface area contributed by atoms with E-state index >= 15 is 0 Å². The number of nitrogens with one attached hydrogen (secondary N) is 2. The fourth-order valence-electron chi connectivity index (χ4n) is 1.87. The van der Waals surface area contributed by atoms with Crippen molar-refractivity contribution in [2.75, 3.05) is 6.54 Å². The summed E-state index contributed by atoms with van der Waals surface area (Å²) in [7, 11) is -3.78. The van der Waals surface area contributed by atoms with Crippen LogP contribution in [0.2, 0.25) is 5.02 Å². The van der Waals surface area contributed by atoms with Crippen molar-refractivity contribution in [2.24, 2.45) is 5.10 Å². The summed E-state index contributed by atoms with van der Waals surface area (Å²) in [6.45, 7) is 1.10. The lowest BCUT2D eigenvalue weighted by atomic mass is 10.1. The second-order valence-corrected chi connectivity index (χ2v) is 7.17. The topological polar surface area (TPSA) is 87.6 Å². The molecule has 0 unspecified atom stereocenters. The predicted octanol–water partition coefficient (Wildman–Crippen LogP) is 2.30. The molecule has 25 heavy (non-hydrogen) atoms. The van der Waals surface area contributed by atoms with Crippen molar-refractivity contribution >= 4 is 33.2 Å². The Bertz CT molecular complexity index is 902. The smallest absolute Gasteiger partial charge is 0.255 e. The van der Waals surface area contributed by atoms with E-state index in [4.69, 9.17) is 11.6 Å². The molecule has 2 N–H and O–H groups in total. The molecule has 1 amide bonds. The van der Waals surface area contributed by atoms with Gasteiger partial charge >= 0.3 is 0 Å². The highest BCUT2D eigenvalue weighted by Crippen LogP contribution is 2.17. The second-order valence-electron chi connectivity index (χ2n) is 4.99. The molecule has 0 fully saturated rings. The molecule has 0 aromatic heterocycles. The van der Waals surface area contributed by atoms with E-state index in [9.17, 15) is 17.6 Å². The van der Waals surface area contributed by atoms with Crippen molar-refractivity contribution in [3.63, 3.8) is 0 Å². The number of carbonyl (C=O) groups excluding carboxylic acids is 1. The van der Waals surface area contributed by atoms with Gasteiger partial charge in [-0.2, -0.15) is 5.10 Å². The lowest BCUT2D eigenvalue weighted by molar-refractivity contribution is -0.119. The summed E-state index contributed by atoms with van der Waals surface area (Å²) < 4.78 is 39.2. The van der Waals surface area contributed by atoms with Crippen LogP contribution in [0.1, 0.15) is 12.5 Å². The molecule has 0 aliphatic rings. The molecule has 2 aromatic rings. The highest BCUT2D eigenvalue weighted by atomic mass is 35.5. The quantitative estimate of drug-likeness (QED) is 0.592. The number of benzene rings is 2. The lowest BCUT2D eigenvalue weighted by Gasteiger charge is -2.07. The van der Waals surface area contributed by atoms with Crippen molar-refractivity contribution < 1.29 is 17.6 Å². The molecular weight excluding hydrogens is 369 g/mol. The number of sulfonamides is 1. The molecule has 0 saturated heterocycles. The molecule has 0 heterocycles. The third kappa shape index (κ3) is 5.35. The van der Waals surface area contributed by atoms with Crippen molar-refractivity contribution in [3.05, 3.63) is 64.9 Å². The molecule has 2 aromatic carbocycles. The summed E-state index contributed by atoms with van der Waals surface area (Å²) >= 11 is 5.90. The summed E-state index contributed by atoms with van der Waals surface area (Å²) in [5.41, 5.74) is 3.02. The number of rotatable bonds is 6. The van der Waals surface area contributed by atoms with Gasteiger partial charge in [-0.3, -0.25) is 4.79 Å². The maximum Gasteiger partial charge on any atom is 0.255 e. The van der Waals surface area contributed by atoms with Crippen LogP contribution in [-0.4, -0.2) is 26.6 Å². The van der Waals surface area contributed by atoms with Gasteiger partial charge in [0.25, 0.3) is 5.91 Å². The zero-order valence-electron chi connectivity index (χ0n) is 13.2. The highest BCUT2D eigenvalue weighted by Gasteiger charge is 2.14. The van der Waals surface area contributed by atoms with Gasteiger partial charge in [0, 0.05) is 5.56 Å². The average molecular weight is 384 g/mol. The minimum absolute atomic E-state index is 0.0561. The Labute approximate surface area is 149 Å². The van der Waals surface area contributed by atoms with Crippen molar-refractivity contribution in [3.8, 4) is 0 Å². The minimum atomic E-state index is -3.78. The number of hydrazone groups is 1. The van der Waals surface area contributed by atoms with Crippen LogP contribution < -0.4 is 10.1 Å². The van der Waals surface area contributed by atoms with Gasteiger partial charge in [0.05, 0.1) is 22.2 Å². The molecular formula is C16H15ClFN3O3S. The third-order valence-corrected chi connectivity index (χ3v) is 4.88. The van der Waals surface area contributed by atoms with Crippen molar-refractivity contribution in [2.45, 2.75) is 11.8 Å². The minimum Gasteiger partial charge on any atom is -0.272 e. The molecule has 2 rings (SSSR count). The Morgan fingerprint density at radius 2 is 1.88 bits per heavy atom. The Morgan fingerprint density at radius 3 is 2.52 bits per heavy atom. The fourth-order valence-corrected chi connectivity index (χ4v) is 3.18. The molecule has 9 heteroatoms. The van der Waals surface area contributed by atoms with Crippen LogP contribution in [0.25, 0.3) is 0 Å². The molecule has 0 aliphatic heterocycles. The Hall–Kier alpha value is -2.29. The molecule has 132 valence electrons. The van der Waals surface area contributed by atoms with Crippen LogP contribution in [0.15, 0.2) is 58.5 Å². The largest absolute Gasteiger partial charge is 0.272 e. The second kappa shape index (κ2) is 8.19. The first kappa shape index (κ1) is 19.0. The normalized spacial score (nSPS) is 12.0. The van der Waals surface area contributed by atoms with E-state index < -0.39 is 28.3 Å². The average Bonchev–Trinajstić information content (AvgIpc) is 2.58. The fraction of sp³-hybridized carbons (Fsp3) is 0.125. The Morgan fingerprint density at radius 1 is 1.20 bits per heavy atom. The van der Waals surface area contributed by atoms with Gasteiger partial charge in [-0.25, -0.2) is 23.0 Å². The van der Waals surface area contributed by atoms with Gasteiger partial charge in [-0.1, -0.05) is 29.8 Å². The summed E-state index contributed by atoms with van der Waals surface area (Å²) in [5.74, 6) is -1.14. The van der Waals surface area contributed by atoms with E-state index in [1.54, 1.807) is 25.1 Å². The van der Waals surface area contributed by atoms with Crippen molar-refractivity contribution in [1.29, 1.82) is 0 Å². The first-order valence-electron chi connectivity index (χ1n) is 7.13. The van der Waals surface area contributed by atoms with E-state index in [1.807, 2.05) is 0 Å². The van der Waals surface area contributed by atoms with Gasteiger partial charge < -0.3 is 0 Å². The summed E-state index contributed by atoms with van der Waals surface area (Å²) in [5, 5.41) is 3.99. The highest BCUT2D eigenvalue weighted by molar-refractivity contribution is 7.89. The summed E-state index contributed by atoms with van der Waals surface area (Å²) in [4.78, 5) is 11.8. The molecule has 0 spiro atoms. The predicted molar refractivity (Wildman–Crippen MR) is 93.4 cm³/mol. The Balaban J connectivity index is 1.96. The van der Waals surface area contributed by atoms with Crippen LogP contribution in [0.3, 0.4) is 0 Å². The van der Waals surface area contributed by atoms with Gasteiger partial charge in [-0.15, -0.1) is 0 Å². The van der Waals surface area contributed by atoms with Gasteiger partial charge in [0.15, 0.2) is 0 Å². The number of halogens is 2. The van der Waals surface area contributed by atoms with Crippen molar-refractivity contribution in [1.82, 2.24) is 10.1 Å². The molecule has 0 radical (unpaired) electrons. The summed E-state index contributed by atoms with van der Waals surface area (Å²) in [6, 6.07) is 11.5. The van der Waals surface area contributed by atoms with E-state index in [-0.39, 0.29) is 9.92 Å². The zero-order chi connectivity index (χ0) is 18.4. The number of carbonyl (C=O) groups is 1. The van der Waals surface area contributed by atoms with E-state index in [1.165, 1.54) is 24.3 Å². The van der Waals surface area contributed by atoms with Gasteiger partial charge in [0.1, 0.15) is 5.82 Å². The van der Waals surface area contributed by atoms with E-state index in [0.29, 0.717) is 11.3 Å². The van der Waals surface area contributed by atoms with Crippen LogP contribution in [0.4, 0.5) is 4.39 Å². The SMILES string of the molecule is C/C(=N/NC(=O)CNS(=O)(=O)c1ccccc1)c1ccc(F)cc1Cl. The van der Waals surface area contributed by atoms with Crippen LogP contribution in [-0.2, 0) is 14.8 Å². The van der Waals surface area contributed by atoms with Gasteiger partial charge in [0.2, 0.25) is 10.0 Å². The number of amides is 1. The molecule has 0 saturated carbocycles. The zero-order valence-corrected chi connectivity index (χ0v) is 14.7. The van der Waals surface area contributed by atoms with Gasteiger partial charge in [-0.05, 0) is 37.3 Å². The maximum atomic E-state index is 13.0. The van der Waals surface area contributed by atoms with E-state index in [2.05, 4.69) is 15.2 Å². The molecule has 0 bridgehead atoms. The molecule has 0 aliphatic carbocycles. The first-order valence-corrected chi connectivity index (χ1v) is 8.99. The molecule has 0 atom stereocenters. The number of hydrogen-bond acceptors (Lipinski definition) is 4. The Kier molecular flexibility index (Phi) is 6.24. The standard InChI is InChI=1S/C16H15ClFN3O3S/c1-11(14-8-7-12(18)9-15(14)17)20-21-16(22)10-19-25(23,24)13-5-3-2-4-6-13/h2-9,19H,10H2,1H3,(H,21,22)/b20-11-. The maximum absolute atomic E-state index is 13.0. The lowest BCUT2D eigenvalue weighted by Crippen LogP contribution is -2.35. The van der Waals surface area contributed by atoms with Crippen LogP contribution >= 0.6 is 11.6 Å². The summed E-state index contributed by atoms with van der Waals surface area (Å²) in [6.07, 6.45) is 0. The third-order valence-electron chi connectivity index (χ3n) is 3.15. The molecule has 6 nitrogen and oxygen atoms in total. The number of hydrogen-bond donors (Lipinski definition) is 2.